The minimum absolute atomic E-state index is 0. The average molecular weight is 368 g/mol. The van der Waals surface area contributed by atoms with E-state index in [0.29, 0.717) is 11.7 Å². The number of nitrogens with one attached hydrogen (secondary N) is 1. The third-order valence-electron chi connectivity index (χ3n) is 4.85. The fourth-order valence-corrected chi connectivity index (χ4v) is 4.30. The zero-order valence-corrected chi connectivity index (χ0v) is 15.1. The van der Waals surface area contributed by atoms with Crippen molar-refractivity contribution in [2.75, 3.05) is 19.6 Å². The van der Waals surface area contributed by atoms with Crippen LogP contribution >= 0.6 is 23.7 Å². The van der Waals surface area contributed by atoms with Crippen molar-refractivity contribution in [3.05, 3.63) is 34.3 Å². The van der Waals surface area contributed by atoms with E-state index in [1.165, 1.54) is 5.56 Å². The molecule has 1 N–H and O–H groups in total. The van der Waals surface area contributed by atoms with Gasteiger partial charge in [0.15, 0.2) is 5.69 Å². The SMILES string of the molecule is Cl.O=C(c1cn(C2CCNCC2)nn1)N1CCCC1c1ccsc1. The standard InChI is InChI=1S/C16H21N5OS.ClH/c22-16(20-8-1-2-15(20)12-5-9-23-11-12)14-10-21(19-18-14)13-3-6-17-7-4-13;/h5,9-11,13,15,17H,1-4,6-8H2;1H. The summed E-state index contributed by atoms with van der Waals surface area (Å²) in [6.07, 6.45) is 6.00. The maximum Gasteiger partial charge on any atom is 0.276 e. The van der Waals surface area contributed by atoms with E-state index in [1.807, 2.05) is 15.8 Å². The van der Waals surface area contributed by atoms with Crippen molar-refractivity contribution in [1.29, 1.82) is 0 Å². The highest BCUT2D eigenvalue weighted by molar-refractivity contribution is 7.08. The van der Waals surface area contributed by atoms with E-state index < -0.39 is 0 Å². The lowest BCUT2D eigenvalue weighted by atomic mass is 10.1. The van der Waals surface area contributed by atoms with E-state index in [0.717, 1.165) is 45.3 Å². The first-order valence-electron chi connectivity index (χ1n) is 8.28. The number of hydrogen-bond donors (Lipinski definition) is 1. The molecule has 2 aromatic heterocycles. The molecule has 0 saturated carbocycles. The van der Waals surface area contributed by atoms with Crippen molar-refractivity contribution in [3.63, 3.8) is 0 Å². The lowest BCUT2D eigenvalue weighted by Gasteiger charge is -2.23. The van der Waals surface area contributed by atoms with Crippen molar-refractivity contribution in [1.82, 2.24) is 25.2 Å². The highest BCUT2D eigenvalue weighted by atomic mass is 35.5. The number of rotatable bonds is 3. The Hall–Kier alpha value is -1.44. The molecule has 2 aliphatic rings. The number of carbonyl (C=O) groups is 1. The fraction of sp³-hybridized carbons (Fsp3) is 0.562. The van der Waals surface area contributed by atoms with Gasteiger partial charge in [0.05, 0.1) is 18.3 Å². The molecule has 0 bridgehead atoms. The lowest BCUT2D eigenvalue weighted by molar-refractivity contribution is 0.0730. The second kappa shape index (κ2) is 7.63. The van der Waals surface area contributed by atoms with Crippen LogP contribution in [0, 0.1) is 0 Å². The van der Waals surface area contributed by atoms with Crippen LogP contribution in [0.3, 0.4) is 0 Å². The van der Waals surface area contributed by atoms with E-state index in [-0.39, 0.29) is 24.4 Å². The smallest absolute Gasteiger partial charge is 0.276 e. The number of hydrogen-bond acceptors (Lipinski definition) is 5. The van der Waals surface area contributed by atoms with Crippen LogP contribution in [-0.4, -0.2) is 45.4 Å². The van der Waals surface area contributed by atoms with Crippen LogP contribution < -0.4 is 5.32 Å². The molecule has 2 fully saturated rings. The molecule has 0 radical (unpaired) electrons. The minimum atomic E-state index is 0. The van der Waals surface area contributed by atoms with Crippen molar-refractivity contribution in [2.24, 2.45) is 0 Å². The van der Waals surface area contributed by atoms with Crippen LogP contribution in [0.2, 0.25) is 0 Å². The van der Waals surface area contributed by atoms with Crippen LogP contribution in [-0.2, 0) is 0 Å². The summed E-state index contributed by atoms with van der Waals surface area (Å²) >= 11 is 1.68. The summed E-state index contributed by atoms with van der Waals surface area (Å²) in [6.45, 7) is 2.81. The second-order valence-corrected chi connectivity index (χ2v) is 7.06. The van der Waals surface area contributed by atoms with Gasteiger partial charge in [-0.15, -0.1) is 17.5 Å². The molecular weight excluding hydrogens is 346 g/mol. The molecule has 0 aliphatic carbocycles. The van der Waals surface area contributed by atoms with E-state index in [9.17, 15) is 4.79 Å². The molecule has 2 saturated heterocycles. The van der Waals surface area contributed by atoms with Gasteiger partial charge in [0.2, 0.25) is 0 Å². The quantitative estimate of drug-likeness (QED) is 0.905. The Labute approximate surface area is 151 Å². The number of halogens is 1. The molecule has 1 amide bonds. The zero-order chi connectivity index (χ0) is 15.6. The maximum absolute atomic E-state index is 12.8. The molecule has 8 heteroatoms. The normalized spacial score (nSPS) is 21.7. The second-order valence-electron chi connectivity index (χ2n) is 6.28. The van der Waals surface area contributed by atoms with Gasteiger partial charge < -0.3 is 10.2 Å². The summed E-state index contributed by atoms with van der Waals surface area (Å²) < 4.78 is 1.88. The molecule has 4 rings (SSSR count). The predicted octanol–water partition coefficient (Wildman–Crippen LogP) is 2.66. The molecule has 0 spiro atoms. The fourth-order valence-electron chi connectivity index (χ4n) is 3.59. The van der Waals surface area contributed by atoms with E-state index in [4.69, 9.17) is 0 Å². The lowest BCUT2D eigenvalue weighted by Crippen LogP contribution is -2.31. The largest absolute Gasteiger partial charge is 0.330 e. The van der Waals surface area contributed by atoms with Crippen LogP contribution in [0.15, 0.2) is 23.0 Å². The summed E-state index contributed by atoms with van der Waals surface area (Å²) in [5.41, 5.74) is 1.72. The topological polar surface area (TPSA) is 63.1 Å². The van der Waals surface area contributed by atoms with E-state index in [1.54, 1.807) is 11.3 Å². The Morgan fingerprint density at radius 1 is 1.29 bits per heavy atom. The summed E-state index contributed by atoms with van der Waals surface area (Å²) in [4.78, 5) is 14.8. The first-order valence-corrected chi connectivity index (χ1v) is 9.23. The van der Waals surface area contributed by atoms with Crippen LogP contribution in [0.4, 0.5) is 0 Å². The molecule has 2 aliphatic heterocycles. The number of thiophene rings is 1. The zero-order valence-electron chi connectivity index (χ0n) is 13.4. The Kier molecular flexibility index (Phi) is 5.53. The molecule has 4 heterocycles. The molecule has 6 nitrogen and oxygen atoms in total. The van der Waals surface area contributed by atoms with Crippen molar-refractivity contribution in [3.8, 4) is 0 Å². The highest BCUT2D eigenvalue weighted by Gasteiger charge is 2.32. The number of amides is 1. The van der Waals surface area contributed by atoms with Crippen LogP contribution in [0.5, 0.6) is 0 Å². The van der Waals surface area contributed by atoms with E-state index in [2.05, 4.69) is 32.5 Å². The van der Waals surface area contributed by atoms with Gasteiger partial charge in [0.1, 0.15) is 0 Å². The van der Waals surface area contributed by atoms with Gasteiger partial charge in [-0.05, 0) is 61.2 Å². The number of carbonyl (C=O) groups excluding carboxylic acids is 1. The summed E-state index contributed by atoms with van der Waals surface area (Å²) in [7, 11) is 0. The molecular formula is C16H22ClN5OS. The Balaban J connectivity index is 0.00000169. The van der Waals surface area contributed by atoms with Gasteiger partial charge in [0, 0.05) is 6.54 Å². The van der Waals surface area contributed by atoms with Crippen molar-refractivity contribution >= 4 is 29.7 Å². The molecule has 130 valence electrons. The Morgan fingerprint density at radius 3 is 2.88 bits per heavy atom. The molecule has 24 heavy (non-hydrogen) atoms. The number of likely N-dealkylation sites (tertiary alicyclic amines) is 1. The highest BCUT2D eigenvalue weighted by Crippen LogP contribution is 2.34. The van der Waals surface area contributed by atoms with Crippen LogP contribution in [0.1, 0.15) is 53.8 Å². The summed E-state index contributed by atoms with van der Waals surface area (Å²) in [6, 6.07) is 2.67. The summed E-state index contributed by atoms with van der Waals surface area (Å²) in [5, 5.41) is 15.9. The molecule has 1 unspecified atom stereocenters. The Bertz CT molecular complexity index is 668. The maximum atomic E-state index is 12.8. The minimum Gasteiger partial charge on any atom is -0.330 e. The van der Waals surface area contributed by atoms with Gasteiger partial charge in [0.25, 0.3) is 5.91 Å². The third-order valence-corrected chi connectivity index (χ3v) is 5.56. The van der Waals surface area contributed by atoms with Gasteiger partial charge in [-0.1, -0.05) is 5.21 Å². The Morgan fingerprint density at radius 2 is 2.12 bits per heavy atom. The van der Waals surface area contributed by atoms with Gasteiger partial charge in [-0.2, -0.15) is 11.3 Å². The number of piperidine rings is 1. The third kappa shape index (κ3) is 3.34. The van der Waals surface area contributed by atoms with Crippen molar-refractivity contribution < 1.29 is 4.79 Å². The molecule has 2 aromatic rings. The van der Waals surface area contributed by atoms with Crippen LogP contribution in [0.25, 0.3) is 0 Å². The van der Waals surface area contributed by atoms with Crippen molar-refractivity contribution in [2.45, 2.75) is 37.8 Å². The first-order chi connectivity index (χ1) is 11.3. The first kappa shape index (κ1) is 17.4. The van der Waals surface area contributed by atoms with E-state index >= 15 is 0 Å². The summed E-state index contributed by atoms with van der Waals surface area (Å²) in [5.74, 6) is 0.0129. The molecule has 1 atom stereocenters. The molecule has 0 aromatic carbocycles. The number of nitrogens with zero attached hydrogens (tertiary/aromatic N) is 4. The van der Waals surface area contributed by atoms with Gasteiger partial charge in [-0.25, -0.2) is 4.68 Å². The van der Waals surface area contributed by atoms with Gasteiger partial charge in [-0.3, -0.25) is 4.79 Å². The predicted molar refractivity (Wildman–Crippen MR) is 95.7 cm³/mol. The number of aromatic nitrogens is 3. The monoisotopic (exact) mass is 367 g/mol. The average Bonchev–Trinajstić information content (AvgIpc) is 3.34. The van der Waals surface area contributed by atoms with Gasteiger partial charge >= 0.3 is 0 Å².